The van der Waals surface area contributed by atoms with Crippen molar-refractivity contribution >= 4 is 34.1 Å². The number of hydrogen-bond donors (Lipinski definition) is 2. The summed E-state index contributed by atoms with van der Waals surface area (Å²) in [6, 6.07) is 9.30. The highest BCUT2D eigenvalue weighted by Crippen LogP contribution is 2.34. The molecule has 0 unspecified atom stereocenters. The number of nitrogens with one attached hydrogen (secondary N) is 1. The molecule has 0 spiro atoms. The van der Waals surface area contributed by atoms with Crippen LogP contribution in [-0.2, 0) is 4.74 Å². The summed E-state index contributed by atoms with van der Waals surface area (Å²) < 4.78 is 17.2. The summed E-state index contributed by atoms with van der Waals surface area (Å²) in [6.45, 7) is 3.09. The molecule has 4 aromatic rings. The highest BCUT2D eigenvalue weighted by molar-refractivity contribution is 6.36. The number of hydrogen-bond acceptors (Lipinski definition) is 7. The molecule has 1 aliphatic rings. The molecule has 5 rings (SSSR count). The first-order valence-corrected chi connectivity index (χ1v) is 11.2. The number of halogens is 2. The third-order valence-electron chi connectivity index (χ3n) is 5.45. The SMILES string of the molecule is Cc1ncc(Cl)c([C@@H](N)Oc2ccc3[nH]nc(-c4ccc(O[C@H]5CCOC5)nc4)c3c2)c1Cl. The lowest BCUT2D eigenvalue weighted by Gasteiger charge is -2.18. The van der Waals surface area contributed by atoms with E-state index in [1.54, 1.807) is 19.2 Å². The monoisotopic (exact) mass is 485 g/mol. The van der Waals surface area contributed by atoms with Gasteiger partial charge >= 0.3 is 0 Å². The Morgan fingerprint density at radius 2 is 2.06 bits per heavy atom. The largest absolute Gasteiger partial charge is 0.472 e. The molecule has 0 saturated carbocycles. The van der Waals surface area contributed by atoms with Crippen LogP contribution in [0.5, 0.6) is 11.6 Å². The Hall–Kier alpha value is -2.91. The van der Waals surface area contributed by atoms with Crippen LogP contribution < -0.4 is 15.2 Å². The van der Waals surface area contributed by atoms with E-state index in [4.69, 9.17) is 43.1 Å². The minimum absolute atomic E-state index is 0.0460. The van der Waals surface area contributed by atoms with E-state index in [2.05, 4.69) is 20.2 Å². The molecule has 1 aliphatic heterocycles. The minimum Gasteiger partial charge on any atom is -0.472 e. The van der Waals surface area contributed by atoms with Gasteiger partial charge < -0.3 is 14.2 Å². The number of aromatic amines is 1. The Kier molecular flexibility index (Phi) is 6.07. The lowest BCUT2D eigenvalue weighted by Crippen LogP contribution is -2.19. The Bertz CT molecular complexity index is 1290. The van der Waals surface area contributed by atoms with Crippen molar-refractivity contribution in [1.82, 2.24) is 20.2 Å². The van der Waals surface area contributed by atoms with E-state index in [0.717, 1.165) is 35.2 Å². The summed E-state index contributed by atoms with van der Waals surface area (Å²) in [5, 5.41) is 9.09. The number of aryl methyl sites for hydroxylation is 1. The number of aromatic nitrogens is 4. The normalized spacial score (nSPS) is 16.8. The number of pyridine rings is 2. The molecule has 0 amide bonds. The molecule has 0 aliphatic carbocycles. The molecular formula is C23H21Cl2N5O3. The van der Waals surface area contributed by atoms with Crippen LogP contribution in [0.25, 0.3) is 22.2 Å². The number of nitrogens with zero attached hydrogens (tertiary/aromatic N) is 3. The number of rotatable bonds is 6. The minimum atomic E-state index is -0.864. The second-order valence-electron chi connectivity index (χ2n) is 7.73. The van der Waals surface area contributed by atoms with Crippen molar-refractivity contribution in [2.45, 2.75) is 25.7 Å². The van der Waals surface area contributed by atoms with Crippen LogP contribution in [0.3, 0.4) is 0 Å². The fourth-order valence-corrected chi connectivity index (χ4v) is 4.26. The smallest absolute Gasteiger partial charge is 0.213 e. The van der Waals surface area contributed by atoms with Gasteiger partial charge in [0.2, 0.25) is 5.88 Å². The topological polar surface area (TPSA) is 108 Å². The fraction of sp³-hybridized carbons (Fsp3) is 0.261. The van der Waals surface area contributed by atoms with E-state index >= 15 is 0 Å². The van der Waals surface area contributed by atoms with Gasteiger partial charge in [-0.25, -0.2) is 4.98 Å². The van der Waals surface area contributed by atoms with E-state index in [9.17, 15) is 0 Å². The zero-order valence-corrected chi connectivity index (χ0v) is 19.2. The molecular weight excluding hydrogens is 465 g/mol. The summed E-state index contributed by atoms with van der Waals surface area (Å²) in [6.07, 6.45) is 3.30. The van der Waals surface area contributed by atoms with Crippen LogP contribution in [0.15, 0.2) is 42.7 Å². The maximum atomic E-state index is 6.36. The quantitative estimate of drug-likeness (QED) is 0.376. The van der Waals surface area contributed by atoms with Crippen molar-refractivity contribution in [3.63, 3.8) is 0 Å². The molecule has 1 fully saturated rings. The van der Waals surface area contributed by atoms with Crippen molar-refractivity contribution in [2.24, 2.45) is 5.73 Å². The van der Waals surface area contributed by atoms with Crippen molar-refractivity contribution in [3.05, 3.63) is 64.0 Å². The molecule has 10 heteroatoms. The maximum Gasteiger partial charge on any atom is 0.213 e. The van der Waals surface area contributed by atoms with Crippen LogP contribution >= 0.6 is 23.2 Å². The van der Waals surface area contributed by atoms with Gasteiger partial charge in [-0.1, -0.05) is 23.2 Å². The third kappa shape index (κ3) is 4.47. The highest BCUT2D eigenvalue weighted by Gasteiger charge is 2.20. The number of H-pyrrole nitrogens is 1. The van der Waals surface area contributed by atoms with E-state index < -0.39 is 6.23 Å². The molecule has 0 radical (unpaired) electrons. The maximum absolute atomic E-state index is 6.36. The zero-order chi connectivity index (χ0) is 22.9. The molecule has 2 atom stereocenters. The summed E-state index contributed by atoms with van der Waals surface area (Å²) in [5.41, 5.74) is 9.83. The van der Waals surface area contributed by atoms with Crippen molar-refractivity contribution in [1.29, 1.82) is 0 Å². The second-order valence-corrected chi connectivity index (χ2v) is 8.51. The molecule has 1 saturated heterocycles. The molecule has 4 heterocycles. The molecule has 8 nitrogen and oxygen atoms in total. The second kappa shape index (κ2) is 9.15. The highest BCUT2D eigenvalue weighted by atomic mass is 35.5. The summed E-state index contributed by atoms with van der Waals surface area (Å²) >= 11 is 12.6. The van der Waals surface area contributed by atoms with Gasteiger partial charge in [0, 0.05) is 41.4 Å². The van der Waals surface area contributed by atoms with E-state index in [0.29, 0.717) is 39.5 Å². The van der Waals surface area contributed by atoms with E-state index in [-0.39, 0.29) is 6.10 Å². The van der Waals surface area contributed by atoms with Gasteiger partial charge in [-0.15, -0.1) is 0 Å². The lowest BCUT2D eigenvalue weighted by atomic mass is 10.1. The van der Waals surface area contributed by atoms with Crippen LogP contribution in [0.4, 0.5) is 0 Å². The molecule has 3 N–H and O–H groups in total. The van der Waals surface area contributed by atoms with Crippen molar-refractivity contribution in [3.8, 4) is 22.9 Å². The number of fused-ring (bicyclic) bond motifs is 1. The summed E-state index contributed by atoms with van der Waals surface area (Å²) in [5.74, 6) is 1.11. The third-order valence-corrected chi connectivity index (χ3v) is 6.23. The first kappa shape index (κ1) is 21.9. The van der Waals surface area contributed by atoms with Crippen LogP contribution in [0.2, 0.25) is 10.0 Å². The Morgan fingerprint density at radius 1 is 1.18 bits per heavy atom. The first-order valence-electron chi connectivity index (χ1n) is 10.4. The fourth-order valence-electron chi connectivity index (χ4n) is 3.70. The number of benzene rings is 1. The lowest BCUT2D eigenvalue weighted by molar-refractivity contribution is 0.138. The Balaban J connectivity index is 1.39. The van der Waals surface area contributed by atoms with Gasteiger partial charge in [0.15, 0.2) is 6.23 Å². The van der Waals surface area contributed by atoms with Gasteiger partial charge in [0.05, 0.1) is 34.5 Å². The van der Waals surface area contributed by atoms with Crippen molar-refractivity contribution < 1.29 is 14.2 Å². The van der Waals surface area contributed by atoms with Crippen LogP contribution in [-0.4, -0.2) is 39.5 Å². The molecule has 170 valence electrons. The van der Waals surface area contributed by atoms with Gasteiger partial charge in [-0.05, 0) is 31.2 Å². The van der Waals surface area contributed by atoms with E-state index in [1.165, 1.54) is 6.20 Å². The Labute approximate surface area is 200 Å². The average molecular weight is 486 g/mol. The number of ether oxygens (including phenoxy) is 3. The Morgan fingerprint density at radius 3 is 2.82 bits per heavy atom. The first-order chi connectivity index (χ1) is 16.0. The van der Waals surface area contributed by atoms with Gasteiger partial charge in [0.25, 0.3) is 0 Å². The van der Waals surface area contributed by atoms with Gasteiger partial charge in [-0.3, -0.25) is 15.8 Å². The summed E-state index contributed by atoms with van der Waals surface area (Å²) in [7, 11) is 0. The standard InChI is InChI=1S/C23H21Cl2N5O3/c1-12-21(25)20(17(24)10-27-12)23(26)33-14-3-4-18-16(8-14)22(30-29-18)13-2-5-19(28-9-13)32-15-6-7-31-11-15/h2-5,8-10,15,23H,6-7,11,26H2,1H3,(H,29,30)/t15-,23-/m0/s1. The van der Waals surface area contributed by atoms with Crippen molar-refractivity contribution in [2.75, 3.05) is 13.2 Å². The van der Waals surface area contributed by atoms with Gasteiger partial charge in [0.1, 0.15) is 17.5 Å². The summed E-state index contributed by atoms with van der Waals surface area (Å²) in [4.78, 5) is 8.56. The predicted octanol–water partition coefficient (Wildman–Crippen LogP) is 4.84. The van der Waals surface area contributed by atoms with Gasteiger partial charge in [-0.2, -0.15) is 5.10 Å². The predicted molar refractivity (Wildman–Crippen MR) is 126 cm³/mol. The molecule has 1 aromatic carbocycles. The average Bonchev–Trinajstić information content (AvgIpc) is 3.47. The molecule has 33 heavy (non-hydrogen) atoms. The van der Waals surface area contributed by atoms with Crippen LogP contribution in [0, 0.1) is 6.92 Å². The number of nitrogens with two attached hydrogens (primary N) is 1. The van der Waals surface area contributed by atoms with E-state index in [1.807, 2.05) is 24.3 Å². The molecule has 0 bridgehead atoms. The molecule has 3 aromatic heterocycles. The zero-order valence-electron chi connectivity index (χ0n) is 17.7. The van der Waals surface area contributed by atoms with Crippen LogP contribution in [0.1, 0.15) is 23.9 Å².